The highest BCUT2D eigenvalue weighted by Gasteiger charge is 2.34. The Balaban J connectivity index is 1.76. The number of anilines is 3. The summed E-state index contributed by atoms with van der Waals surface area (Å²) in [7, 11) is 0. The van der Waals surface area contributed by atoms with Gasteiger partial charge in [0, 0.05) is 31.6 Å². The summed E-state index contributed by atoms with van der Waals surface area (Å²) in [4.78, 5) is 21.8. The molecule has 3 rings (SSSR count). The average molecular weight is 277 g/mol. The Hall–Kier alpha value is -2.09. The molecule has 0 spiro atoms. The van der Waals surface area contributed by atoms with Crippen LogP contribution in [0.1, 0.15) is 19.3 Å². The quantitative estimate of drug-likeness (QED) is 0.422. The first-order chi connectivity index (χ1) is 9.65. The lowest BCUT2D eigenvalue weighted by molar-refractivity contribution is -0.124. The first kappa shape index (κ1) is 12.9. The van der Waals surface area contributed by atoms with Crippen molar-refractivity contribution in [3.63, 3.8) is 0 Å². The van der Waals surface area contributed by atoms with Gasteiger partial charge in [-0.2, -0.15) is 9.97 Å². The van der Waals surface area contributed by atoms with Gasteiger partial charge < -0.3 is 21.4 Å². The Morgan fingerprint density at radius 2 is 2.25 bits per heavy atom. The van der Waals surface area contributed by atoms with Crippen LogP contribution < -0.4 is 27.2 Å². The molecule has 6 N–H and O–H groups in total. The number of aromatic nitrogens is 2. The van der Waals surface area contributed by atoms with Crippen molar-refractivity contribution in [3.05, 3.63) is 6.07 Å². The molecule has 8 nitrogen and oxygen atoms in total. The van der Waals surface area contributed by atoms with Gasteiger partial charge in [0.05, 0.1) is 0 Å². The molecule has 8 heteroatoms. The maximum absolute atomic E-state index is 11.4. The van der Waals surface area contributed by atoms with E-state index in [1.165, 1.54) is 0 Å². The monoisotopic (exact) mass is 277 g/mol. The maximum Gasteiger partial charge on any atom is 0.223 e. The minimum atomic E-state index is 0.167. The molecule has 2 fully saturated rings. The van der Waals surface area contributed by atoms with E-state index < -0.39 is 0 Å². The Morgan fingerprint density at radius 1 is 1.40 bits per heavy atom. The highest BCUT2D eigenvalue weighted by atomic mass is 16.1. The molecule has 1 aromatic rings. The molecule has 1 aromatic heterocycles. The second kappa shape index (κ2) is 5.12. The van der Waals surface area contributed by atoms with Gasteiger partial charge >= 0.3 is 0 Å². The minimum Gasteiger partial charge on any atom is -0.368 e. The average Bonchev–Trinajstić information content (AvgIpc) is 2.46. The predicted molar refractivity (Wildman–Crippen MR) is 75.7 cm³/mol. The van der Waals surface area contributed by atoms with Crippen LogP contribution in [0.4, 0.5) is 17.6 Å². The molecule has 0 saturated carbocycles. The molecule has 2 saturated heterocycles. The third-order valence-corrected chi connectivity index (χ3v) is 4.02. The summed E-state index contributed by atoms with van der Waals surface area (Å²) in [6, 6.07) is 2.08. The van der Waals surface area contributed by atoms with E-state index in [0.717, 1.165) is 31.7 Å². The number of hydrazine groups is 1. The summed E-state index contributed by atoms with van der Waals surface area (Å²) in [6.07, 6.45) is 2.46. The molecule has 3 heterocycles. The SMILES string of the molecule is NNc1cc(N2CCC3NC(=O)CCC3C2)nc(N)n1. The molecule has 1 amide bonds. The van der Waals surface area contributed by atoms with Crippen LogP contribution in [-0.2, 0) is 4.79 Å². The van der Waals surface area contributed by atoms with Crippen molar-refractivity contribution in [2.45, 2.75) is 25.3 Å². The predicted octanol–water partition coefficient (Wildman–Crippen LogP) is -0.551. The van der Waals surface area contributed by atoms with Gasteiger partial charge in [-0.15, -0.1) is 0 Å². The number of piperidine rings is 2. The zero-order valence-electron chi connectivity index (χ0n) is 11.2. The number of carbonyl (C=O) groups excluding carboxylic acids is 1. The minimum absolute atomic E-state index is 0.167. The second-order valence-corrected chi connectivity index (χ2v) is 5.32. The molecule has 2 aliphatic rings. The Morgan fingerprint density at radius 3 is 3.05 bits per heavy atom. The molecule has 108 valence electrons. The molecule has 2 aliphatic heterocycles. The van der Waals surface area contributed by atoms with Gasteiger partial charge in [-0.3, -0.25) is 4.79 Å². The third kappa shape index (κ3) is 2.46. The summed E-state index contributed by atoms with van der Waals surface area (Å²) in [5.41, 5.74) is 8.18. The number of hydrogen-bond donors (Lipinski definition) is 4. The number of nitrogen functional groups attached to an aromatic ring is 2. The summed E-state index contributed by atoms with van der Waals surface area (Å²) in [5.74, 6) is 7.50. The van der Waals surface area contributed by atoms with Crippen LogP contribution >= 0.6 is 0 Å². The smallest absolute Gasteiger partial charge is 0.223 e. The van der Waals surface area contributed by atoms with Crippen molar-refractivity contribution >= 4 is 23.5 Å². The summed E-state index contributed by atoms with van der Waals surface area (Å²) in [6.45, 7) is 1.70. The van der Waals surface area contributed by atoms with Crippen LogP contribution in [0.25, 0.3) is 0 Å². The lowest BCUT2D eigenvalue weighted by Gasteiger charge is -2.41. The number of nitrogens with one attached hydrogen (secondary N) is 2. The normalized spacial score (nSPS) is 25.9. The fourth-order valence-corrected chi connectivity index (χ4v) is 3.01. The first-order valence-electron chi connectivity index (χ1n) is 6.81. The molecule has 2 atom stereocenters. The molecular weight excluding hydrogens is 258 g/mol. The number of carbonyl (C=O) groups is 1. The standard InChI is InChI=1S/C12H19N7O/c13-12-16-9(18-14)5-10(17-12)19-4-3-8-7(6-19)1-2-11(20)15-8/h5,7-8H,1-4,6,14H2,(H,15,20)(H3,13,16,17,18). The second-order valence-electron chi connectivity index (χ2n) is 5.32. The zero-order valence-corrected chi connectivity index (χ0v) is 11.2. The van der Waals surface area contributed by atoms with Crippen molar-refractivity contribution < 1.29 is 4.79 Å². The molecule has 2 unspecified atom stereocenters. The van der Waals surface area contributed by atoms with Gasteiger partial charge in [0.1, 0.15) is 11.6 Å². The fourth-order valence-electron chi connectivity index (χ4n) is 3.01. The molecule has 0 aromatic carbocycles. The van der Waals surface area contributed by atoms with E-state index >= 15 is 0 Å². The topological polar surface area (TPSA) is 122 Å². The summed E-state index contributed by atoms with van der Waals surface area (Å²) >= 11 is 0. The van der Waals surface area contributed by atoms with E-state index in [-0.39, 0.29) is 11.9 Å². The van der Waals surface area contributed by atoms with Crippen molar-refractivity contribution in [3.8, 4) is 0 Å². The lowest BCUT2D eigenvalue weighted by Crippen LogP contribution is -2.54. The van der Waals surface area contributed by atoms with Crippen LogP contribution in [0.2, 0.25) is 0 Å². The van der Waals surface area contributed by atoms with Crippen LogP contribution in [0.5, 0.6) is 0 Å². The zero-order chi connectivity index (χ0) is 14.1. The van der Waals surface area contributed by atoms with Gasteiger partial charge in [0.25, 0.3) is 0 Å². The van der Waals surface area contributed by atoms with E-state index in [4.69, 9.17) is 11.6 Å². The van der Waals surface area contributed by atoms with E-state index in [0.29, 0.717) is 24.2 Å². The number of nitrogens with two attached hydrogens (primary N) is 2. The molecule has 0 radical (unpaired) electrons. The number of rotatable bonds is 2. The molecular formula is C12H19N7O. The molecule has 0 bridgehead atoms. The molecule has 20 heavy (non-hydrogen) atoms. The van der Waals surface area contributed by atoms with Crippen LogP contribution in [-0.4, -0.2) is 35.0 Å². The Kier molecular flexibility index (Phi) is 3.31. The van der Waals surface area contributed by atoms with Crippen molar-refractivity contribution in [2.24, 2.45) is 11.8 Å². The van der Waals surface area contributed by atoms with Gasteiger partial charge in [0.2, 0.25) is 11.9 Å². The summed E-state index contributed by atoms with van der Waals surface area (Å²) < 4.78 is 0. The Bertz CT molecular complexity index is 521. The van der Waals surface area contributed by atoms with Crippen molar-refractivity contribution in [1.29, 1.82) is 0 Å². The highest BCUT2D eigenvalue weighted by Crippen LogP contribution is 2.28. The van der Waals surface area contributed by atoms with Gasteiger partial charge in [-0.1, -0.05) is 0 Å². The third-order valence-electron chi connectivity index (χ3n) is 4.02. The lowest BCUT2D eigenvalue weighted by atomic mass is 9.85. The van der Waals surface area contributed by atoms with Gasteiger partial charge in [-0.05, 0) is 18.8 Å². The van der Waals surface area contributed by atoms with E-state index in [2.05, 4.69) is 25.6 Å². The number of hydrogen-bond acceptors (Lipinski definition) is 7. The van der Waals surface area contributed by atoms with Gasteiger partial charge in [-0.25, -0.2) is 5.84 Å². The van der Waals surface area contributed by atoms with Crippen LogP contribution in [0.15, 0.2) is 6.07 Å². The summed E-state index contributed by atoms with van der Waals surface area (Å²) in [5, 5.41) is 3.07. The number of nitrogens with zero attached hydrogens (tertiary/aromatic N) is 3. The van der Waals surface area contributed by atoms with Crippen LogP contribution in [0, 0.1) is 5.92 Å². The highest BCUT2D eigenvalue weighted by molar-refractivity contribution is 5.77. The van der Waals surface area contributed by atoms with Crippen molar-refractivity contribution in [2.75, 3.05) is 29.1 Å². The fraction of sp³-hybridized carbons (Fsp3) is 0.583. The van der Waals surface area contributed by atoms with Crippen LogP contribution in [0.3, 0.4) is 0 Å². The first-order valence-corrected chi connectivity index (χ1v) is 6.81. The van der Waals surface area contributed by atoms with Gasteiger partial charge in [0.15, 0.2) is 0 Å². The molecule has 0 aliphatic carbocycles. The van der Waals surface area contributed by atoms with Crippen molar-refractivity contribution in [1.82, 2.24) is 15.3 Å². The maximum atomic E-state index is 11.4. The van der Waals surface area contributed by atoms with E-state index in [1.54, 1.807) is 6.07 Å². The number of amides is 1. The van der Waals surface area contributed by atoms with E-state index in [1.807, 2.05) is 0 Å². The van der Waals surface area contributed by atoms with E-state index in [9.17, 15) is 4.79 Å². The number of fused-ring (bicyclic) bond motifs is 1. The largest absolute Gasteiger partial charge is 0.368 e. The Labute approximate surface area is 116 Å².